The monoisotopic (exact) mass is 470 g/mol. The van der Waals surface area contributed by atoms with Crippen molar-refractivity contribution in [3.05, 3.63) is 24.3 Å². The van der Waals surface area contributed by atoms with Crippen LogP contribution >= 0.6 is 0 Å². The molecule has 0 aromatic heterocycles. The summed E-state index contributed by atoms with van der Waals surface area (Å²) < 4.78 is 21.8. The first-order valence-electron chi connectivity index (χ1n) is 10.3. The molecule has 7 N–H and O–H groups in total. The summed E-state index contributed by atoms with van der Waals surface area (Å²) >= 11 is 0. The Morgan fingerprint density at radius 3 is 1.94 bits per heavy atom. The molecule has 0 radical (unpaired) electrons. The molecule has 0 amide bonds. The molecule has 2 saturated heterocycles. The summed E-state index contributed by atoms with van der Waals surface area (Å²) in [7, 11) is 0. The average molecular weight is 470 g/mol. The van der Waals surface area contributed by atoms with Crippen molar-refractivity contribution in [2.45, 2.75) is 68.3 Å². The fourth-order valence-electron chi connectivity index (χ4n) is 3.17. The Bertz CT molecular complexity index is 775. The van der Waals surface area contributed by atoms with Gasteiger partial charge >= 0.3 is 0 Å². The van der Waals surface area contributed by atoms with Crippen LogP contribution in [0.25, 0.3) is 0 Å². The number of allylic oxidation sites excluding steroid dienone is 3. The van der Waals surface area contributed by atoms with Crippen LogP contribution in [0.2, 0.25) is 0 Å². The Morgan fingerprint density at radius 2 is 1.33 bits per heavy atom. The SMILES string of the molecule is C/C=C/C#CC#C/C=C\CO[C@@H]1O[C@H](CO)[C@@H](O)[C@H](O)[C@H]1O[C@@H]1O[C@H](CO)[C@@H](O)[C@H](O)[C@H]1O. The molecule has 0 bridgehead atoms. The van der Waals surface area contributed by atoms with Crippen molar-refractivity contribution in [3.63, 3.8) is 0 Å². The minimum absolute atomic E-state index is 0.0584. The molecule has 10 atom stereocenters. The van der Waals surface area contributed by atoms with E-state index in [0.29, 0.717) is 0 Å². The summed E-state index contributed by atoms with van der Waals surface area (Å²) in [5.74, 6) is 10.6. The predicted molar refractivity (Wildman–Crippen MR) is 112 cm³/mol. The lowest BCUT2D eigenvalue weighted by Gasteiger charge is -2.45. The fourth-order valence-corrected chi connectivity index (χ4v) is 3.17. The van der Waals surface area contributed by atoms with Gasteiger partial charge in [0.05, 0.1) is 19.8 Å². The van der Waals surface area contributed by atoms with Gasteiger partial charge in [-0.3, -0.25) is 0 Å². The van der Waals surface area contributed by atoms with Crippen molar-refractivity contribution >= 4 is 0 Å². The zero-order valence-electron chi connectivity index (χ0n) is 18.0. The molecule has 0 aromatic carbocycles. The molecule has 2 rings (SSSR count). The second-order valence-electron chi connectivity index (χ2n) is 7.28. The highest BCUT2D eigenvalue weighted by molar-refractivity contribution is 5.33. The third-order valence-corrected chi connectivity index (χ3v) is 4.98. The molecule has 0 aliphatic carbocycles. The van der Waals surface area contributed by atoms with Crippen LogP contribution in [0.15, 0.2) is 24.3 Å². The topological polar surface area (TPSA) is 179 Å². The van der Waals surface area contributed by atoms with Crippen LogP contribution in [-0.2, 0) is 18.9 Å². The minimum Gasteiger partial charge on any atom is -0.394 e. The molecule has 33 heavy (non-hydrogen) atoms. The lowest BCUT2D eigenvalue weighted by Crippen LogP contribution is -2.64. The first-order valence-corrected chi connectivity index (χ1v) is 10.3. The molecule has 2 aliphatic rings. The van der Waals surface area contributed by atoms with Crippen molar-refractivity contribution < 1.29 is 54.7 Å². The summed E-state index contributed by atoms with van der Waals surface area (Å²) in [6.45, 7) is 0.487. The maximum Gasteiger partial charge on any atom is 0.187 e. The Morgan fingerprint density at radius 1 is 0.758 bits per heavy atom. The summed E-state index contributed by atoms with van der Waals surface area (Å²) in [5, 5.41) is 69.5. The van der Waals surface area contributed by atoms with Crippen molar-refractivity contribution in [2.24, 2.45) is 0 Å². The molecule has 0 spiro atoms. The Balaban J connectivity index is 2.08. The second-order valence-corrected chi connectivity index (χ2v) is 7.28. The summed E-state index contributed by atoms with van der Waals surface area (Å²) in [4.78, 5) is 0. The van der Waals surface area contributed by atoms with Gasteiger partial charge in [-0.2, -0.15) is 0 Å². The molecule has 2 aliphatic heterocycles. The maximum absolute atomic E-state index is 10.5. The van der Waals surface area contributed by atoms with E-state index in [4.69, 9.17) is 18.9 Å². The van der Waals surface area contributed by atoms with Gasteiger partial charge in [0.15, 0.2) is 12.6 Å². The van der Waals surface area contributed by atoms with Gasteiger partial charge in [0.2, 0.25) is 0 Å². The Labute approximate surface area is 191 Å². The molecule has 11 nitrogen and oxygen atoms in total. The zero-order valence-corrected chi connectivity index (χ0v) is 18.0. The standard InChI is InChI=1S/C22H30O11/c1-2-3-4-5-6-7-8-9-10-30-22-20(18(28)16(26)14(12-24)32-22)33-21-19(29)17(27)15(25)13(11-23)31-21/h2-3,8-9,13-29H,10-12H2,1H3/b3-2+,9-8-/t13-,14-,15-,16-,17+,18+,19-,20-,21+,22-/m1/s1. The number of aliphatic hydroxyl groups is 7. The van der Waals surface area contributed by atoms with Gasteiger partial charge in [-0.25, -0.2) is 0 Å². The summed E-state index contributed by atoms with van der Waals surface area (Å²) in [6.07, 6.45) is -8.52. The highest BCUT2D eigenvalue weighted by atomic mass is 16.8. The van der Waals surface area contributed by atoms with Crippen LogP contribution < -0.4 is 0 Å². The van der Waals surface area contributed by atoms with E-state index in [1.54, 1.807) is 12.2 Å². The summed E-state index contributed by atoms with van der Waals surface area (Å²) in [6, 6.07) is 0. The minimum atomic E-state index is -1.73. The van der Waals surface area contributed by atoms with Gasteiger partial charge in [0, 0.05) is 0 Å². The molecule has 184 valence electrons. The van der Waals surface area contributed by atoms with E-state index in [1.165, 1.54) is 12.2 Å². The lowest BCUT2D eigenvalue weighted by molar-refractivity contribution is -0.366. The second kappa shape index (κ2) is 13.8. The van der Waals surface area contributed by atoms with E-state index < -0.39 is 74.6 Å². The number of rotatable bonds is 7. The van der Waals surface area contributed by atoms with E-state index in [2.05, 4.69) is 23.7 Å². The van der Waals surface area contributed by atoms with Gasteiger partial charge in [0.1, 0.15) is 48.8 Å². The largest absolute Gasteiger partial charge is 0.394 e. The smallest absolute Gasteiger partial charge is 0.187 e. The lowest BCUT2D eigenvalue weighted by atomic mass is 9.97. The normalized spacial score (nSPS) is 39.2. The Hall–Kier alpha value is -1.84. The number of hydrogen-bond acceptors (Lipinski definition) is 11. The third-order valence-electron chi connectivity index (χ3n) is 4.98. The van der Waals surface area contributed by atoms with Gasteiger partial charge < -0.3 is 54.7 Å². The van der Waals surface area contributed by atoms with E-state index in [-0.39, 0.29) is 6.61 Å². The van der Waals surface area contributed by atoms with Crippen molar-refractivity contribution in [3.8, 4) is 23.7 Å². The molecular formula is C22H30O11. The highest BCUT2D eigenvalue weighted by Gasteiger charge is 2.50. The van der Waals surface area contributed by atoms with Gasteiger partial charge in [-0.05, 0) is 30.9 Å². The molecule has 0 unspecified atom stereocenters. The highest BCUT2D eigenvalue weighted by Crippen LogP contribution is 2.29. The zero-order chi connectivity index (χ0) is 24.4. The van der Waals surface area contributed by atoms with Gasteiger partial charge in [0.25, 0.3) is 0 Å². The van der Waals surface area contributed by atoms with E-state index >= 15 is 0 Å². The summed E-state index contributed by atoms with van der Waals surface area (Å²) in [5.41, 5.74) is 0. The molecule has 2 heterocycles. The predicted octanol–water partition coefficient (Wildman–Crippen LogP) is -3.23. The van der Waals surface area contributed by atoms with Crippen LogP contribution in [0.3, 0.4) is 0 Å². The van der Waals surface area contributed by atoms with Gasteiger partial charge in [-0.15, -0.1) is 0 Å². The van der Waals surface area contributed by atoms with E-state index in [0.717, 1.165) is 0 Å². The average Bonchev–Trinajstić information content (AvgIpc) is 2.82. The first kappa shape index (κ1) is 27.4. The van der Waals surface area contributed by atoms with E-state index in [9.17, 15) is 35.7 Å². The molecular weight excluding hydrogens is 440 g/mol. The van der Waals surface area contributed by atoms with E-state index in [1.807, 2.05) is 6.92 Å². The van der Waals surface area contributed by atoms with Crippen LogP contribution in [-0.4, -0.2) is 117 Å². The molecule has 2 fully saturated rings. The van der Waals surface area contributed by atoms with Crippen molar-refractivity contribution in [2.75, 3.05) is 19.8 Å². The van der Waals surface area contributed by atoms with Crippen LogP contribution in [0, 0.1) is 23.7 Å². The Kier molecular flexibility index (Phi) is 11.4. The van der Waals surface area contributed by atoms with Crippen molar-refractivity contribution in [1.29, 1.82) is 0 Å². The van der Waals surface area contributed by atoms with Crippen LogP contribution in [0.4, 0.5) is 0 Å². The number of aliphatic hydroxyl groups excluding tert-OH is 7. The molecule has 0 aromatic rings. The quantitative estimate of drug-likeness (QED) is 0.186. The van der Waals surface area contributed by atoms with Crippen LogP contribution in [0.5, 0.6) is 0 Å². The van der Waals surface area contributed by atoms with Crippen LogP contribution in [0.1, 0.15) is 6.92 Å². The van der Waals surface area contributed by atoms with Crippen molar-refractivity contribution in [1.82, 2.24) is 0 Å². The first-order chi connectivity index (χ1) is 15.8. The number of ether oxygens (including phenoxy) is 4. The third kappa shape index (κ3) is 7.32. The number of hydrogen-bond donors (Lipinski definition) is 7. The molecule has 11 heteroatoms. The maximum atomic E-state index is 10.5. The fraction of sp³-hybridized carbons (Fsp3) is 0.636. The van der Waals surface area contributed by atoms with Gasteiger partial charge in [-0.1, -0.05) is 24.0 Å². The molecule has 0 saturated carbocycles.